The molecule has 2 fully saturated rings. The molecular formula is C19H39N3O. The lowest BCUT2D eigenvalue weighted by Crippen LogP contribution is -2.54. The van der Waals surface area contributed by atoms with Gasteiger partial charge in [-0.3, -0.25) is 9.80 Å². The van der Waals surface area contributed by atoms with Crippen LogP contribution in [0.1, 0.15) is 54.4 Å². The van der Waals surface area contributed by atoms with Crippen molar-refractivity contribution in [1.29, 1.82) is 0 Å². The van der Waals surface area contributed by atoms with Gasteiger partial charge in [0.1, 0.15) is 0 Å². The maximum absolute atomic E-state index is 6.12. The normalized spacial score (nSPS) is 24.3. The van der Waals surface area contributed by atoms with Gasteiger partial charge in [0.05, 0.1) is 11.7 Å². The van der Waals surface area contributed by atoms with E-state index in [2.05, 4.69) is 56.2 Å². The largest absolute Gasteiger partial charge is 0.373 e. The Morgan fingerprint density at radius 1 is 0.739 bits per heavy atom. The van der Waals surface area contributed by atoms with Crippen LogP contribution in [0.2, 0.25) is 0 Å². The molecule has 0 unspecified atom stereocenters. The van der Waals surface area contributed by atoms with Crippen molar-refractivity contribution in [2.75, 3.05) is 52.4 Å². The second-order valence-electron chi connectivity index (χ2n) is 9.27. The quantitative estimate of drug-likeness (QED) is 0.791. The Bertz CT molecular complexity index is 343. The number of hydrogen-bond donors (Lipinski definition) is 0. The molecule has 0 aliphatic carbocycles. The molecule has 4 heteroatoms. The summed E-state index contributed by atoms with van der Waals surface area (Å²) in [5.41, 5.74) is 0.320. The van der Waals surface area contributed by atoms with Crippen molar-refractivity contribution in [3.8, 4) is 0 Å². The summed E-state index contributed by atoms with van der Waals surface area (Å²) >= 11 is 0. The lowest BCUT2D eigenvalue weighted by molar-refractivity contribution is -0.0825. The fourth-order valence-corrected chi connectivity index (χ4v) is 3.68. The molecule has 0 bridgehead atoms. The Labute approximate surface area is 144 Å². The third-order valence-corrected chi connectivity index (χ3v) is 5.11. The number of rotatable bonds is 4. The molecule has 23 heavy (non-hydrogen) atoms. The van der Waals surface area contributed by atoms with Crippen molar-refractivity contribution in [3.63, 3.8) is 0 Å². The van der Waals surface area contributed by atoms with Gasteiger partial charge in [0.2, 0.25) is 0 Å². The van der Waals surface area contributed by atoms with Crippen LogP contribution in [-0.2, 0) is 4.74 Å². The van der Waals surface area contributed by atoms with Crippen molar-refractivity contribution in [3.05, 3.63) is 0 Å². The van der Waals surface area contributed by atoms with Gasteiger partial charge in [-0.15, -0.1) is 0 Å². The van der Waals surface area contributed by atoms with E-state index in [9.17, 15) is 0 Å². The van der Waals surface area contributed by atoms with Gasteiger partial charge in [-0.05, 0) is 54.4 Å². The zero-order valence-corrected chi connectivity index (χ0v) is 16.4. The maximum Gasteiger partial charge on any atom is 0.0606 e. The lowest BCUT2D eigenvalue weighted by Gasteiger charge is -2.43. The highest BCUT2D eigenvalue weighted by Gasteiger charge is 2.27. The smallest absolute Gasteiger partial charge is 0.0606 e. The van der Waals surface area contributed by atoms with E-state index in [0.29, 0.717) is 11.6 Å². The minimum atomic E-state index is -0.000430. The molecule has 4 nitrogen and oxygen atoms in total. The predicted octanol–water partition coefficient (Wildman–Crippen LogP) is 2.68. The van der Waals surface area contributed by atoms with Crippen molar-refractivity contribution in [1.82, 2.24) is 14.7 Å². The standard InChI is InChI=1S/C19H39N3O/c1-18(2,3)22-15-13-21(14-16-22)12-11-20-9-7-17(8-10-20)23-19(4,5)6/h17H,7-16H2,1-6H3. The zero-order valence-electron chi connectivity index (χ0n) is 16.4. The summed E-state index contributed by atoms with van der Waals surface area (Å²) in [6.45, 7) is 23.2. The highest BCUT2D eigenvalue weighted by molar-refractivity contribution is 4.83. The van der Waals surface area contributed by atoms with Gasteiger partial charge in [-0.1, -0.05) is 0 Å². The second-order valence-corrected chi connectivity index (χ2v) is 9.27. The fraction of sp³-hybridized carbons (Fsp3) is 1.00. The van der Waals surface area contributed by atoms with Crippen molar-refractivity contribution in [2.45, 2.75) is 71.6 Å². The Morgan fingerprint density at radius 3 is 1.65 bits per heavy atom. The first kappa shape index (κ1) is 19.2. The molecule has 0 amide bonds. The molecule has 2 aliphatic rings. The molecule has 2 aliphatic heterocycles. The molecule has 2 rings (SSSR count). The number of nitrogens with zero attached hydrogens (tertiary/aromatic N) is 3. The average molecular weight is 326 g/mol. The van der Waals surface area contributed by atoms with Gasteiger partial charge in [0.15, 0.2) is 0 Å². The first-order valence-corrected chi connectivity index (χ1v) is 9.51. The average Bonchev–Trinajstić information content (AvgIpc) is 2.44. The molecule has 0 aromatic rings. The minimum Gasteiger partial charge on any atom is -0.373 e. The number of likely N-dealkylation sites (tertiary alicyclic amines) is 1. The predicted molar refractivity (Wildman–Crippen MR) is 98.1 cm³/mol. The van der Waals surface area contributed by atoms with Crippen LogP contribution in [-0.4, -0.2) is 84.3 Å². The molecule has 0 N–H and O–H groups in total. The van der Waals surface area contributed by atoms with Crippen LogP contribution >= 0.6 is 0 Å². The summed E-state index contributed by atoms with van der Waals surface area (Å²) in [5, 5.41) is 0. The van der Waals surface area contributed by atoms with Crippen LogP contribution in [0, 0.1) is 0 Å². The summed E-state index contributed by atoms with van der Waals surface area (Å²) in [4.78, 5) is 7.87. The van der Waals surface area contributed by atoms with E-state index < -0.39 is 0 Å². The third kappa shape index (κ3) is 6.69. The van der Waals surface area contributed by atoms with Crippen molar-refractivity contribution >= 4 is 0 Å². The van der Waals surface area contributed by atoms with Crippen LogP contribution in [0.15, 0.2) is 0 Å². The Kier molecular flexibility index (Phi) is 6.51. The first-order chi connectivity index (χ1) is 10.6. The van der Waals surface area contributed by atoms with E-state index >= 15 is 0 Å². The molecule has 2 saturated heterocycles. The molecule has 0 atom stereocenters. The van der Waals surface area contributed by atoms with Gasteiger partial charge >= 0.3 is 0 Å². The Balaban J connectivity index is 1.61. The monoisotopic (exact) mass is 325 g/mol. The third-order valence-electron chi connectivity index (χ3n) is 5.11. The van der Waals surface area contributed by atoms with Crippen LogP contribution in [0.3, 0.4) is 0 Å². The number of hydrogen-bond acceptors (Lipinski definition) is 4. The molecule has 0 radical (unpaired) electrons. The van der Waals surface area contributed by atoms with E-state index in [1.54, 1.807) is 0 Å². The van der Waals surface area contributed by atoms with E-state index in [-0.39, 0.29) is 5.60 Å². The van der Waals surface area contributed by atoms with E-state index in [4.69, 9.17) is 4.74 Å². The van der Waals surface area contributed by atoms with Gasteiger partial charge in [0.25, 0.3) is 0 Å². The molecule has 0 spiro atoms. The fourth-order valence-electron chi connectivity index (χ4n) is 3.68. The van der Waals surface area contributed by atoms with Crippen LogP contribution in [0.25, 0.3) is 0 Å². The maximum atomic E-state index is 6.12. The first-order valence-electron chi connectivity index (χ1n) is 9.51. The molecule has 0 saturated carbocycles. The summed E-state index contributed by atoms with van der Waals surface area (Å²) in [5.74, 6) is 0. The van der Waals surface area contributed by atoms with Gasteiger partial charge in [-0.2, -0.15) is 0 Å². The van der Waals surface area contributed by atoms with Crippen molar-refractivity contribution in [2.24, 2.45) is 0 Å². The zero-order chi connectivity index (χ0) is 17.1. The number of piperazine rings is 1. The highest BCUT2D eigenvalue weighted by atomic mass is 16.5. The summed E-state index contributed by atoms with van der Waals surface area (Å²) < 4.78 is 6.12. The molecular weight excluding hydrogens is 286 g/mol. The topological polar surface area (TPSA) is 19.0 Å². The van der Waals surface area contributed by atoms with Crippen LogP contribution in [0.5, 0.6) is 0 Å². The lowest BCUT2D eigenvalue weighted by atomic mass is 10.0. The van der Waals surface area contributed by atoms with Gasteiger partial charge < -0.3 is 9.64 Å². The summed E-state index contributed by atoms with van der Waals surface area (Å²) in [7, 11) is 0. The highest BCUT2D eigenvalue weighted by Crippen LogP contribution is 2.20. The van der Waals surface area contributed by atoms with E-state index in [1.807, 2.05) is 0 Å². The van der Waals surface area contributed by atoms with Crippen LogP contribution < -0.4 is 0 Å². The summed E-state index contributed by atoms with van der Waals surface area (Å²) in [6, 6.07) is 0. The summed E-state index contributed by atoms with van der Waals surface area (Å²) in [6.07, 6.45) is 2.84. The Morgan fingerprint density at radius 2 is 1.22 bits per heavy atom. The minimum absolute atomic E-state index is 0.000430. The van der Waals surface area contributed by atoms with Gasteiger partial charge in [-0.25, -0.2) is 0 Å². The molecule has 0 aromatic carbocycles. The molecule has 136 valence electrons. The van der Waals surface area contributed by atoms with Crippen molar-refractivity contribution < 1.29 is 4.74 Å². The van der Waals surface area contributed by atoms with Gasteiger partial charge in [0, 0.05) is 57.9 Å². The van der Waals surface area contributed by atoms with Crippen LogP contribution in [0.4, 0.5) is 0 Å². The second kappa shape index (κ2) is 7.81. The molecule has 0 aromatic heterocycles. The van der Waals surface area contributed by atoms with E-state index in [1.165, 1.54) is 65.2 Å². The number of ether oxygens (including phenoxy) is 1. The van der Waals surface area contributed by atoms with E-state index in [0.717, 1.165) is 0 Å². The Hall–Kier alpha value is -0.160. The SMILES string of the molecule is CC(C)(C)OC1CCN(CCN2CCN(C(C)(C)C)CC2)CC1. The molecule has 2 heterocycles. The number of piperidine rings is 1.